The number of piperidine rings is 1. The highest BCUT2D eigenvalue weighted by atomic mass is 16.5. The number of methoxy groups -OCH3 is 2. The lowest BCUT2D eigenvalue weighted by molar-refractivity contribution is -0.152. The summed E-state index contributed by atoms with van der Waals surface area (Å²) in [6.45, 7) is 0.519. The van der Waals surface area contributed by atoms with Crippen LogP contribution in [-0.2, 0) is 16.0 Å². The van der Waals surface area contributed by atoms with E-state index in [0.29, 0.717) is 30.9 Å². The number of carbonyl (C=O) groups excluding carboxylic acids is 1. The van der Waals surface area contributed by atoms with Gasteiger partial charge in [0.1, 0.15) is 17.5 Å². The first-order valence-electron chi connectivity index (χ1n) is 7.80. The number of hydrogen-bond acceptors (Lipinski definition) is 4. The Labute approximate surface area is 136 Å². The first kappa shape index (κ1) is 17.1. The van der Waals surface area contributed by atoms with E-state index in [-0.39, 0.29) is 12.3 Å². The molecule has 6 heteroatoms. The third kappa shape index (κ3) is 4.15. The van der Waals surface area contributed by atoms with Gasteiger partial charge < -0.3 is 19.5 Å². The minimum Gasteiger partial charge on any atom is -0.497 e. The van der Waals surface area contributed by atoms with Crippen LogP contribution in [0.4, 0.5) is 0 Å². The third-order valence-electron chi connectivity index (χ3n) is 4.20. The van der Waals surface area contributed by atoms with Crippen LogP contribution in [0.15, 0.2) is 18.2 Å². The van der Waals surface area contributed by atoms with E-state index in [0.717, 1.165) is 18.4 Å². The molecular weight excluding hydrogens is 298 g/mol. The van der Waals surface area contributed by atoms with Crippen LogP contribution < -0.4 is 9.47 Å². The van der Waals surface area contributed by atoms with Gasteiger partial charge in [-0.05, 0) is 49.4 Å². The molecule has 1 heterocycles. The number of carboxylic acids is 1. The molecule has 0 radical (unpaired) electrons. The molecule has 1 fully saturated rings. The van der Waals surface area contributed by atoms with Crippen molar-refractivity contribution in [3.05, 3.63) is 23.8 Å². The summed E-state index contributed by atoms with van der Waals surface area (Å²) in [6, 6.07) is 4.76. The molecule has 6 nitrogen and oxygen atoms in total. The predicted molar refractivity (Wildman–Crippen MR) is 84.9 cm³/mol. The summed E-state index contributed by atoms with van der Waals surface area (Å²) >= 11 is 0. The quantitative estimate of drug-likeness (QED) is 0.868. The Balaban J connectivity index is 2.04. The van der Waals surface area contributed by atoms with Gasteiger partial charge in [-0.3, -0.25) is 4.79 Å². The van der Waals surface area contributed by atoms with Crippen molar-refractivity contribution in [2.75, 3.05) is 20.8 Å². The molecule has 1 unspecified atom stereocenters. The number of nitrogens with zero attached hydrogens (tertiary/aromatic N) is 1. The van der Waals surface area contributed by atoms with Crippen LogP contribution in [-0.4, -0.2) is 48.7 Å². The first-order valence-corrected chi connectivity index (χ1v) is 7.80. The fourth-order valence-electron chi connectivity index (χ4n) is 2.95. The van der Waals surface area contributed by atoms with Crippen molar-refractivity contribution in [3.8, 4) is 11.5 Å². The van der Waals surface area contributed by atoms with Crippen LogP contribution in [0.3, 0.4) is 0 Å². The minimum atomic E-state index is -0.919. The number of ether oxygens (including phenoxy) is 2. The number of amides is 1. The highest BCUT2D eigenvalue weighted by molar-refractivity contribution is 5.84. The van der Waals surface area contributed by atoms with Gasteiger partial charge in [-0.25, -0.2) is 4.79 Å². The molecule has 1 N–H and O–H groups in total. The van der Waals surface area contributed by atoms with Gasteiger partial charge in [0.05, 0.1) is 14.2 Å². The number of likely N-dealkylation sites (tertiary alicyclic amines) is 1. The van der Waals surface area contributed by atoms with Crippen molar-refractivity contribution in [2.24, 2.45) is 0 Å². The molecule has 1 aromatic rings. The van der Waals surface area contributed by atoms with E-state index in [1.807, 2.05) is 6.07 Å². The summed E-state index contributed by atoms with van der Waals surface area (Å²) in [5, 5.41) is 9.26. The maximum absolute atomic E-state index is 12.4. The van der Waals surface area contributed by atoms with Crippen molar-refractivity contribution >= 4 is 11.9 Å². The molecule has 23 heavy (non-hydrogen) atoms. The van der Waals surface area contributed by atoms with Gasteiger partial charge in [0.2, 0.25) is 5.91 Å². The molecule has 0 spiro atoms. The molecule has 0 bridgehead atoms. The second-order valence-electron chi connectivity index (χ2n) is 5.61. The fraction of sp³-hybridized carbons (Fsp3) is 0.529. The maximum Gasteiger partial charge on any atom is 0.326 e. The Hall–Kier alpha value is -2.24. The number of benzene rings is 1. The Morgan fingerprint density at radius 3 is 2.70 bits per heavy atom. The lowest BCUT2D eigenvalue weighted by Crippen LogP contribution is -2.48. The number of rotatable bonds is 6. The van der Waals surface area contributed by atoms with Gasteiger partial charge in [-0.2, -0.15) is 0 Å². The number of carboxylic acid groups (broad SMARTS) is 1. The van der Waals surface area contributed by atoms with Crippen LogP contribution >= 0.6 is 0 Å². The number of hydrogen-bond donors (Lipinski definition) is 1. The molecule has 1 aromatic carbocycles. The third-order valence-corrected chi connectivity index (χ3v) is 4.20. The molecule has 2 rings (SSSR count). The fourth-order valence-corrected chi connectivity index (χ4v) is 2.95. The van der Waals surface area contributed by atoms with Crippen molar-refractivity contribution < 1.29 is 24.2 Å². The first-order chi connectivity index (χ1) is 11.1. The Morgan fingerprint density at radius 1 is 1.26 bits per heavy atom. The minimum absolute atomic E-state index is 0.123. The standard InChI is InChI=1S/C17H23NO5/c1-22-13-7-8-15(23-2)12(11-13)6-9-16(19)18-10-4-3-5-14(18)17(20)21/h7-8,11,14H,3-6,9-10H2,1-2H3,(H,20,21). The number of aliphatic carboxylic acids is 1. The number of carbonyl (C=O) groups is 2. The van der Waals surface area contributed by atoms with Crippen molar-refractivity contribution in [3.63, 3.8) is 0 Å². The van der Waals surface area contributed by atoms with Crippen LogP contribution in [0.5, 0.6) is 11.5 Å². The summed E-state index contributed by atoms with van der Waals surface area (Å²) in [4.78, 5) is 25.2. The van der Waals surface area contributed by atoms with Crippen LogP contribution in [0, 0.1) is 0 Å². The van der Waals surface area contributed by atoms with Gasteiger partial charge in [0.25, 0.3) is 0 Å². The SMILES string of the molecule is COc1ccc(OC)c(CCC(=O)N2CCCCC2C(=O)O)c1. The number of aryl methyl sites for hydroxylation is 1. The normalized spacial score (nSPS) is 17.7. The smallest absolute Gasteiger partial charge is 0.326 e. The molecule has 0 aliphatic carbocycles. The average Bonchev–Trinajstić information content (AvgIpc) is 2.59. The van der Waals surface area contributed by atoms with E-state index in [9.17, 15) is 14.7 Å². The lowest BCUT2D eigenvalue weighted by atomic mass is 10.0. The summed E-state index contributed by atoms with van der Waals surface area (Å²) < 4.78 is 10.5. The van der Waals surface area contributed by atoms with E-state index >= 15 is 0 Å². The molecule has 1 saturated heterocycles. The molecule has 0 aromatic heterocycles. The highest BCUT2D eigenvalue weighted by Gasteiger charge is 2.31. The predicted octanol–water partition coefficient (Wildman–Crippen LogP) is 2.10. The average molecular weight is 321 g/mol. The molecular formula is C17H23NO5. The monoisotopic (exact) mass is 321 g/mol. The van der Waals surface area contributed by atoms with Crippen LogP contribution in [0.1, 0.15) is 31.2 Å². The topological polar surface area (TPSA) is 76.1 Å². The Bertz CT molecular complexity index is 572. The molecule has 1 atom stereocenters. The molecule has 126 valence electrons. The van der Waals surface area contributed by atoms with Gasteiger partial charge in [0, 0.05) is 13.0 Å². The van der Waals surface area contributed by atoms with Crippen molar-refractivity contribution in [2.45, 2.75) is 38.1 Å². The van der Waals surface area contributed by atoms with E-state index < -0.39 is 12.0 Å². The summed E-state index contributed by atoms with van der Waals surface area (Å²) in [5.41, 5.74) is 0.879. The second-order valence-corrected chi connectivity index (χ2v) is 5.61. The zero-order chi connectivity index (χ0) is 16.8. The molecule has 1 aliphatic heterocycles. The summed E-state index contributed by atoms with van der Waals surface area (Å²) in [6.07, 6.45) is 2.99. The second kappa shape index (κ2) is 7.85. The zero-order valence-corrected chi connectivity index (χ0v) is 13.6. The van der Waals surface area contributed by atoms with Crippen molar-refractivity contribution in [1.29, 1.82) is 0 Å². The summed E-state index contributed by atoms with van der Waals surface area (Å²) in [7, 11) is 3.17. The Morgan fingerprint density at radius 2 is 2.04 bits per heavy atom. The zero-order valence-electron chi connectivity index (χ0n) is 13.6. The Kier molecular flexibility index (Phi) is 5.84. The molecule has 1 amide bonds. The van der Waals surface area contributed by atoms with E-state index in [2.05, 4.69) is 0 Å². The van der Waals surface area contributed by atoms with Crippen LogP contribution in [0.25, 0.3) is 0 Å². The molecule has 0 saturated carbocycles. The van der Waals surface area contributed by atoms with Gasteiger partial charge in [-0.15, -0.1) is 0 Å². The largest absolute Gasteiger partial charge is 0.497 e. The maximum atomic E-state index is 12.4. The molecule has 1 aliphatic rings. The van der Waals surface area contributed by atoms with Gasteiger partial charge >= 0.3 is 5.97 Å². The highest BCUT2D eigenvalue weighted by Crippen LogP contribution is 2.26. The van der Waals surface area contributed by atoms with Gasteiger partial charge in [0.15, 0.2) is 0 Å². The summed E-state index contributed by atoms with van der Waals surface area (Å²) in [5.74, 6) is 0.362. The lowest BCUT2D eigenvalue weighted by Gasteiger charge is -2.33. The van der Waals surface area contributed by atoms with Crippen LogP contribution in [0.2, 0.25) is 0 Å². The van der Waals surface area contributed by atoms with Crippen molar-refractivity contribution in [1.82, 2.24) is 4.90 Å². The van der Waals surface area contributed by atoms with E-state index in [4.69, 9.17) is 9.47 Å². The van der Waals surface area contributed by atoms with E-state index in [1.54, 1.807) is 26.4 Å². The van der Waals surface area contributed by atoms with Gasteiger partial charge in [-0.1, -0.05) is 0 Å². The van der Waals surface area contributed by atoms with E-state index in [1.165, 1.54) is 4.90 Å².